The number of carboxylic acid groups (broad SMARTS) is 1. The fourth-order valence-corrected chi connectivity index (χ4v) is 1.74. The summed E-state index contributed by atoms with van der Waals surface area (Å²) in [6.07, 6.45) is 2.29. The van der Waals surface area contributed by atoms with Crippen LogP contribution in [-0.4, -0.2) is 27.3 Å². The first-order chi connectivity index (χ1) is 8.70. The molecule has 0 amide bonds. The van der Waals surface area contributed by atoms with Gasteiger partial charge in [0.25, 0.3) is 5.71 Å². The van der Waals surface area contributed by atoms with Crippen LogP contribution >= 0.6 is 0 Å². The van der Waals surface area contributed by atoms with Crippen molar-refractivity contribution in [3.8, 4) is 0 Å². The van der Waals surface area contributed by atoms with Crippen LogP contribution in [0.1, 0.15) is 12.8 Å². The Morgan fingerprint density at radius 1 is 1.28 bits per heavy atom. The van der Waals surface area contributed by atoms with E-state index in [1.165, 1.54) is 6.08 Å². The zero-order valence-electron chi connectivity index (χ0n) is 9.58. The van der Waals surface area contributed by atoms with Crippen molar-refractivity contribution < 1.29 is 14.7 Å². The van der Waals surface area contributed by atoms with E-state index in [9.17, 15) is 4.79 Å². The molecule has 5 heteroatoms. The molecule has 0 aliphatic heterocycles. The van der Waals surface area contributed by atoms with Gasteiger partial charge in [-0.1, -0.05) is 18.2 Å². The van der Waals surface area contributed by atoms with Crippen molar-refractivity contribution in [2.24, 2.45) is 4.99 Å². The van der Waals surface area contributed by atoms with Crippen molar-refractivity contribution >= 4 is 23.1 Å². The fraction of sp³-hybridized carbons (Fsp3) is 0.154. The van der Waals surface area contributed by atoms with Crippen LogP contribution in [-0.2, 0) is 4.79 Å². The number of hydrogen-bond acceptors (Lipinski definition) is 2. The topological polar surface area (TPSA) is 86.1 Å². The number of carbonyl (C=O) groups is 1. The Morgan fingerprint density at radius 2 is 2.00 bits per heavy atom. The summed E-state index contributed by atoms with van der Waals surface area (Å²) in [6, 6.07) is 9.17. The number of para-hydroxylation sites is 1. The molecule has 0 atom stereocenters. The lowest BCUT2D eigenvalue weighted by atomic mass is 9.95. The minimum atomic E-state index is -1.06. The first-order valence-electron chi connectivity index (χ1n) is 5.49. The second kappa shape index (κ2) is 5.21. The summed E-state index contributed by atoms with van der Waals surface area (Å²) >= 11 is 0. The number of rotatable bonds is 2. The van der Waals surface area contributed by atoms with Gasteiger partial charge in [-0.15, -0.1) is 0 Å². The smallest absolute Gasteiger partial charge is 0.337 e. The van der Waals surface area contributed by atoms with Crippen LogP contribution in [0.15, 0.2) is 47.0 Å². The van der Waals surface area contributed by atoms with Gasteiger partial charge in [-0.05, 0) is 12.1 Å². The number of aliphatic carboxylic acids is 1. The molecule has 1 aliphatic carbocycles. The predicted molar refractivity (Wildman–Crippen MR) is 67.1 cm³/mol. The lowest BCUT2D eigenvalue weighted by Crippen LogP contribution is -2.20. The quantitative estimate of drug-likeness (QED) is 0.635. The van der Waals surface area contributed by atoms with Gasteiger partial charge in [0.1, 0.15) is 0 Å². The molecule has 0 bridgehead atoms. The molecule has 0 saturated heterocycles. The molecule has 1 aromatic rings. The van der Waals surface area contributed by atoms with Crippen LogP contribution in [0.25, 0.3) is 5.53 Å². The summed E-state index contributed by atoms with van der Waals surface area (Å²) in [6.45, 7) is 0. The standard InChI is InChI=1S/C13H11N3O2/c14-16-10-6-7-12(11(8-10)13(17)18)15-9-4-2-1-3-5-9/h1-5,8H,6-7H2,(H,17,18). The first kappa shape index (κ1) is 12.0. The fourth-order valence-electron chi connectivity index (χ4n) is 1.74. The van der Waals surface area contributed by atoms with Crippen LogP contribution in [0.4, 0.5) is 5.69 Å². The largest absolute Gasteiger partial charge is 0.478 e. The van der Waals surface area contributed by atoms with Crippen molar-refractivity contribution in [3.63, 3.8) is 0 Å². The molecule has 0 spiro atoms. The third-order valence-electron chi connectivity index (χ3n) is 2.62. The van der Waals surface area contributed by atoms with Gasteiger partial charge < -0.3 is 10.6 Å². The van der Waals surface area contributed by atoms with Gasteiger partial charge in [-0.25, -0.2) is 4.79 Å². The summed E-state index contributed by atoms with van der Waals surface area (Å²) < 4.78 is 0. The molecule has 5 nitrogen and oxygen atoms in total. The van der Waals surface area contributed by atoms with E-state index in [4.69, 9.17) is 10.6 Å². The van der Waals surface area contributed by atoms with E-state index >= 15 is 0 Å². The molecule has 0 heterocycles. The number of hydrogen-bond donors (Lipinski definition) is 1. The Morgan fingerprint density at radius 3 is 2.61 bits per heavy atom. The number of carboxylic acids is 1. The van der Waals surface area contributed by atoms with Crippen molar-refractivity contribution in [1.29, 1.82) is 0 Å². The minimum Gasteiger partial charge on any atom is -0.478 e. The van der Waals surface area contributed by atoms with E-state index in [1.807, 2.05) is 30.3 Å². The predicted octanol–water partition coefficient (Wildman–Crippen LogP) is 2.23. The number of allylic oxidation sites excluding steroid dienone is 1. The molecular weight excluding hydrogens is 230 g/mol. The van der Waals surface area contributed by atoms with Gasteiger partial charge in [0.05, 0.1) is 23.4 Å². The van der Waals surface area contributed by atoms with Crippen molar-refractivity contribution in [1.82, 2.24) is 0 Å². The zero-order valence-corrected chi connectivity index (χ0v) is 9.58. The normalized spacial score (nSPS) is 17.2. The molecule has 1 aliphatic rings. The lowest BCUT2D eigenvalue weighted by molar-refractivity contribution is -0.132. The lowest BCUT2D eigenvalue weighted by Gasteiger charge is -2.09. The maximum Gasteiger partial charge on any atom is 0.337 e. The van der Waals surface area contributed by atoms with E-state index in [-0.39, 0.29) is 5.57 Å². The Kier molecular flexibility index (Phi) is 3.46. The molecule has 18 heavy (non-hydrogen) atoms. The monoisotopic (exact) mass is 241 g/mol. The average molecular weight is 241 g/mol. The molecule has 0 radical (unpaired) electrons. The Hall–Kier alpha value is -2.52. The second-order valence-electron chi connectivity index (χ2n) is 3.85. The van der Waals surface area contributed by atoms with Gasteiger partial charge in [0.15, 0.2) is 0 Å². The summed E-state index contributed by atoms with van der Waals surface area (Å²) in [4.78, 5) is 18.5. The summed E-state index contributed by atoms with van der Waals surface area (Å²) in [5.41, 5.74) is 10.3. The van der Waals surface area contributed by atoms with Gasteiger partial charge >= 0.3 is 5.97 Å². The van der Waals surface area contributed by atoms with Gasteiger partial charge in [0, 0.05) is 12.5 Å². The molecule has 0 fully saturated rings. The summed E-state index contributed by atoms with van der Waals surface area (Å²) in [5.74, 6) is -1.06. The highest BCUT2D eigenvalue weighted by Crippen LogP contribution is 2.19. The molecule has 0 unspecified atom stereocenters. The summed E-state index contributed by atoms with van der Waals surface area (Å²) in [5, 5.41) is 9.11. The maximum absolute atomic E-state index is 11.1. The Labute approximate surface area is 104 Å². The zero-order chi connectivity index (χ0) is 13.0. The molecule has 1 N–H and O–H groups in total. The Bertz CT molecular complexity index is 582. The SMILES string of the molecule is [N-]=[N+]=C1C=C(C(=O)O)C(=Nc2ccccc2)CC1. The van der Waals surface area contributed by atoms with Crippen molar-refractivity contribution in [2.75, 3.05) is 0 Å². The van der Waals surface area contributed by atoms with E-state index in [0.717, 1.165) is 0 Å². The molecular formula is C13H11N3O2. The van der Waals surface area contributed by atoms with Crippen molar-refractivity contribution in [2.45, 2.75) is 12.8 Å². The van der Waals surface area contributed by atoms with Crippen LogP contribution in [0.2, 0.25) is 0 Å². The average Bonchev–Trinajstić information content (AvgIpc) is 2.40. The van der Waals surface area contributed by atoms with E-state index in [0.29, 0.717) is 30.0 Å². The van der Waals surface area contributed by atoms with E-state index in [1.54, 1.807) is 0 Å². The molecule has 2 rings (SSSR count). The maximum atomic E-state index is 11.1. The highest BCUT2D eigenvalue weighted by molar-refractivity contribution is 6.25. The molecule has 0 aromatic heterocycles. The molecule has 1 aromatic carbocycles. The first-order valence-corrected chi connectivity index (χ1v) is 5.49. The third-order valence-corrected chi connectivity index (χ3v) is 2.62. The number of benzene rings is 1. The third kappa shape index (κ3) is 2.59. The van der Waals surface area contributed by atoms with Gasteiger partial charge in [0.2, 0.25) is 0 Å². The van der Waals surface area contributed by atoms with Crippen molar-refractivity contribution in [3.05, 3.63) is 47.5 Å². The van der Waals surface area contributed by atoms with Crippen LogP contribution in [0, 0.1) is 0 Å². The number of nitrogens with zero attached hydrogens (tertiary/aromatic N) is 3. The van der Waals surface area contributed by atoms with Gasteiger partial charge in [-0.2, -0.15) is 4.79 Å². The molecule has 90 valence electrons. The Balaban J connectivity index is 2.42. The second-order valence-corrected chi connectivity index (χ2v) is 3.85. The van der Waals surface area contributed by atoms with Crippen LogP contribution < -0.4 is 0 Å². The number of aliphatic imine (C=N–C) groups is 1. The highest BCUT2D eigenvalue weighted by Gasteiger charge is 2.24. The minimum absolute atomic E-state index is 0.0814. The van der Waals surface area contributed by atoms with Crippen LogP contribution in [0.5, 0.6) is 0 Å². The highest BCUT2D eigenvalue weighted by atomic mass is 16.4. The van der Waals surface area contributed by atoms with E-state index in [2.05, 4.69) is 9.78 Å². The van der Waals surface area contributed by atoms with Gasteiger partial charge in [-0.3, -0.25) is 4.99 Å². The summed E-state index contributed by atoms with van der Waals surface area (Å²) in [7, 11) is 0. The molecule has 0 saturated carbocycles. The van der Waals surface area contributed by atoms with Crippen LogP contribution in [0.3, 0.4) is 0 Å². The van der Waals surface area contributed by atoms with E-state index < -0.39 is 5.97 Å².